The first kappa shape index (κ1) is 22.5. The molecule has 2 aromatic heterocycles. The molecule has 33 heavy (non-hydrogen) atoms. The molecule has 4 rings (SSSR count). The molecule has 0 aliphatic carbocycles. The van der Waals surface area contributed by atoms with Crippen molar-refractivity contribution in [3.05, 3.63) is 82.9 Å². The zero-order chi connectivity index (χ0) is 23.2. The van der Waals surface area contributed by atoms with E-state index in [4.69, 9.17) is 14.2 Å². The zero-order valence-corrected chi connectivity index (χ0v) is 18.6. The fourth-order valence-corrected chi connectivity index (χ4v) is 3.90. The number of amides is 1. The van der Waals surface area contributed by atoms with E-state index in [2.05, 4.69) is 11.6 Å². The number of benzene rings is 1. The lowest BCUT2D eigenvalue weighted by atomic mass is 10.1. The Labute approximate surface area is 192 Å². The van der Waals surface area contributed by atoms with E-state index in [-0.39, 0.29) is 24.1 Å². The summed E-state index contributed by atoms with van der Waals surface area (Å²) in [7, 11) is 1.57. The number of nitrogens with zero attached hydrogens (tertiary/aromatic N) is 3. The molecule has 1 aliphatic rings. The Morgan fingerprint density at radius 2 is 2.21 bits per heavy atom. The third-order valence-electron chi connectivity index (χ3n) is 5.54. The Kier molecular flexibility index (Phi) is 7.04. The third kappa shape index (κ3) is 5.06. The molecule has 3 heterocycles. The summed E-state index contributed by atoms with van der Waals surface area (Å²) in [5, 5.41) is 0. The smallest absolute Gasteiger partial charge is 0.270 e. The van der Waals surface area contributed by atoms with E-state index >= 15 is 0 Å². The van der Waals surface area contributed by atoms with Gasteiger partial charge in [0, 0.05) is 32.1 Å². The first-order valence-corrected chi connectivity index (χ1v) is 10.9. The lowest BCUT2D eigenvalue weighted by Gasteiger charge is -2.26. The summed E-state index contributed by atoms with van der Waals surface area (Å²) < 4.78 is 18.2. The number of rotatable bonds is 9. The van der Waals surface area contributed by atoms with Gasteiger partial charge in [0.15, 0.2) is 11.5 Å². The third-order valence-corrected chi connectivity index (χ3v) is 5.54. The molecule has 1 aromatic carbocycles. The fraction of sp³-hybridized carbons (Fsp3) is 0.320. The molecule has 0 bridgehead atoms. The second kappa shape index (κ2) is 10.3. The van der Waals surface area contributed by atoms with Gasteiger partial charge >= 0.3 is 0 Å². The number of hydrogen-bond acceptors (Lipinski definition) is 6. The normalized spacial score (nSPS) is 15.4. The van der Waals surface area contributed by atoms with E-state index in [0.29, 0.717) is 36.9 Å². The number of methoxy groups -OCH3 is 1. The number of carbonyl (C=O) groups excluding carboxylic acids is 1. The van der Waals surface area contributed by atoms with Gasteiger partial charge in [-0.15, -0.1) is 0 Å². The van der Waals surface area contributed by atoms with Crippen LogP contribution >= 0.6 is 0 Å². The Morgan fingerprint density at radius 3 is 2.97 bits per heavy atom. The van der Waals surface area contributed by atoms with Gasteiger partial charge in [-0.05, 0) is 42.7 Å². The predicted octanol–water partition coefficient (Wildman–Crippen LogP) is 3.09. The maximum absolute atomic E-state index is 13.5. The molecule has 0 N–H and O–H groups in total. The largest absolute Gasteiger partial charge is 0.493 e. The summed E-state index contributed by atoms with van der Waals surface area (Å²) in [6.45, 7) is 5.36. The van der Waals surface area contributed by atoms with Crippen LogP contribution in [0, 0.1) is 0 Å². The van der Waals surface area contributed by atoms with Crippen molar-refractivity contribution in [3.63, 3.8) is 0 Å². The van der Waals surface area contributed by atoms with Crippen molar-refractivity contribution in [2.75, 3.05) is 26.9 Å². The summed E-state index contributed by atoms with van der Waals surface area (Å²) in [6.07, 6.45) is 6.38. The number of pyridine rings is 1. The second-order valence-corrected chi connectivity index (χ2v) is 7.81. The van der Waals surface area contributed by atoms with E-state index in [9.17, 15) is 9.59 Å². The molecule has 1 amide bonds. The maximum atomic E-state index is 13.5. The topological polar surface area (TPSA) is 82.4 Å². The summed E-state index contributed by atoms with van der Waals surface area (Å²) in [6, 6.07) is 10.8. The summed E-state index contributed by atoms with van der Waals surface area (Å²) in [4.78, 5) is 32.5. The van der Waals surface area contributed by atoms with Crippen LogP contribution in [0.1, 0.15) is 28.8 Å². The molecule has 1 atom stereocenters. The lowest BCUT2D eigenvalue weighted by Crippen LogP contribution is -2.40. The molecule has 8 heteroatoms. The van der Waals surface area contributed by atoms with Gasteiger partial charge in [-0.1, -0.05) is 24.8 Å². The van der Waals surface area contributed by atoms with E-state index in [1.54, 1.807) is 48.5 Å². The van der Waals surface area contributed by atoms with E-state index in [1.807, 2.05) is 12.1 Å². The van der Waals surface area contributed by atoms with Crippen LogP contribution in [-0.4, -0.2) is 53.2 Å². The highest BCUT2D eigenvalue weighted by Crippen LogP contribution is 2.29. The molecule has 1 unspecified atom stereocenters. The van der Waals surface area contributed by atoms with Gasteiger partial charge in [-0.2, -0.15) is 0 Å². The van der Waals surface area contributed by atoms with Crippen molar-refractivity contribution >= 4 is 11.6 Å². The lowest BCUT2D eigenvalue weighted by molar-refractivity contribution is 0.0505. The Bertz CT molecular complexity index is 1200. The van der Waals surface area contributed by atoms with E-state index < -0.39 is 5.56 Å². The minimum absolute atomic E-state index is 0.0228. The summed E-state index contributed by atoms with van der Waals surface area (Å²) in [5.41, 5.74) is 0.964. The minimum atomic E-state index is -0.395. The zero-order valence-electron chi connectivity index (χ0n) is 18.6. The molecule has 3 aromatic rings. The van der Waals surface area contributed by atoms with Gasteiger partial charge in [-0.3, -0.25) is 14.0 Å². The van der Waals surface area contributed by atoms with Crippen LogP contribution in [0.25, 0.3) is 5.65 Å². The molecule has 0 spiro atoms. The first-order valence-electron chi connectivity index (χ1n) is 10.9. The van der Waals surface area contributed by atoms with Gasteiger partial charge in [0.25, 0.3) is 11.5 Å². The summed E-state index contributed by atoms with van der Waals surface area (Å²) in [5.74, 6) is 0.772. The molecular weight excluding hydrogens is 422 g/mol. The van der Waals surface area contributed by atoms with Crippen molar-refractivity contribution in [1.82, 2.24) is 14.3 Å². The molecule has 0 saturated carbocycles. The number of hydrogen-bond donors (Lipinski definition) is 0. The van der Waals surface area contributed by atoms with Crippen LogP contribution in [0.5, 0.6) is 11.5 Å². The van der Waals surface area contributed by atoms with Crippen molar-refractivity contribution in [2.45, 2.75) is 25.5 Å². The van der Waals surface area contributed by atoms with Crippen LogP contribution in [0.15, 0.2) is 66.2 Å². The Morgan fingerprint density at radius 1 is 1.33 bits per heavy atom. The average Bonchev–Trinajstić information content (AvgIpc) is 3.36. The van der Waals surface area contributed by atoms with Gasteiger partial charge in [-0.25, -0.2) is 4.98 Å². The molecule has 8 nitrogen and oxygen atoms in total. The van der Waals surface area contributed by atoms with Gasteiger partial charge in [0.2, 0.25) is 0 Å². The van der Waals surface area contributed by atoms with Crippen LogP contribution in [-0.2, 0) is 11.3 Å². The highest BCUT2D eigenvalue weighted by Gasteiger charge is 2.26. The standard InChI is InChI=1S/C25H27N3O5/c1-3-12-33-21-10-9-18(14-22(21)31-2)16-27(17-19-7-6-13-32-19)24(29)20-15-26-23-8-4-5-11-28(23)25(20)30/h3-5,8-11,14-15,19H,1,6-7,12-13,16-17H2,2H3. The number of fused-ring (bicyclic) bond motifs is 1. The minimum Gasteiger partial charge on any atom is -0.493 e. The first-order chi connectivity index (χ1) is 16.1. The van der Waals surface area contributed by atoms with Crippen LogP contribution in [0.3, 0.4) is 0 Å². The Hall–Kier alpha value is -3.65. The SMILES string of the molecule is C=CCOc1ccc(CN(CC2CCCO2)C(=O)c2cnc3ccccn3c2=O)cc1OC. The number of carbonyl (C=O) groups is 1. The highest BCUT2D eigenvalue weighted by atomic mass is 16.5. The molecule has 1 aliphatic heterocycles. The summed E-state index contributed by atoms with van der Waals surface area (Å²) >= 11 is 0. The molecule has 172 valence electrons. The van der Waals surface area contributed by atoms with E-state index in [0.717, 1.165) is 18.4 Å². The maximum Gasteiger partial charge on any atom is 0.270 e. The van der Waals surface area contributed by atoms with Crippen molar-refractivity contribution in [2.24, 2.45) is 0 Å². The molecule has 1 fully saturated rings. The average molecular weight is 450 g/mol. The molecule has 1 saturated heterocycles. The van der Waals surface area contributed by atoms with Gasteiger partial charge in [0.1, 0.15) is 17.8 Å². The number of aromatic nitrogens is 2. The fourth-order valence-electron chi connectivity index (χ4n) is 3.90. The molecular formula is C25H27N3O5. The molecule has 0 radical (unpaired) electrons. The highest BCUT2D eigenvalue weighted by molar-refractivity contribution is 5.93. The van der Waals surface area contributed by atoms with Crippen molar-refractivity contribution in [3.8, 4) is 11.5 Å². The predicted molar refractivity (Wildman–Crippen MR) is 124 cm³/mol. The number of ether oxygens (including phenoxy) is 3. The second-order valence-electron chi connectivity index (χ2n) is 7.81. The van der Waals surface area contributed by atoms with E-state index in [1.165, 1.54) is 10.6 Å². The Balaban J connectivity index is 1.64. The monoisotopic (exact) mass is 449 g/mol. The van der Waals surface area contributed by atoms with Crippen LogP contribution in [0.2, 0.25) is 0 Å². The van der Waals surface area contributed by atoms with Gasteiger partial charge in [0.05, 0.1) is 13.2 Å². The van der Waals surface area contributed by atoms with Crippen LogP contribution in [0.4, 0.5) is 0 Å². The van der Waals surface area contributed by atoms with Crippen molar-refractivity contribution < 1.29 is 19.0 Å². The van der Waals surface area contributed by atoms with Crippen molar-refractivity contribution in [1.29, 1.82) is 0 Å². The van der Waals surface area contributed by atoms with Gasteiger partial charge < -0.3 is 19.1 Å². The van der Waals surface area contributed by atoms with Crippen LogP contribution < -0.4 is 15.0 Å². The quantitative estimate of drug-likeness (QED) is 0.467.